The molecule has 0 fully saturated rings. The van der Waals surface area contributed by atoms with E-state index in [1.165, 1.54) is 0 Å². The highest BCUT2D eigenvalue weighted by Gasteiger charge is 2.14. The average molecular weight is 408 g/mol. The van der Waals surface area contributed by atoms with Crippen molar-refractivity contribution in [3.05, 3.63) is 58.1 Å². The minimum atomic E-state index is -0.810. The number of hydrogen-bond donors (Lipinski definition) is 2. The molecule has 25 heavy (non-hydrogen) atoms. The van der Waals surface area contributed by atoms with Gasteiger partial charge in [-0.25, -0.2) is 0 Å². The van der Waals surface area contributed by atoms with Crippen molar-refractivity contribution in [3.8, 4) is 11.5 Å². The summed E-state index contributed by atoms with van der Waals surface area (Å²) in [5, 5.41) is 13.0. The van der Waals surface area contributed by atoms with Crippen molar-refractivity contribution in [3.63, 3.8) is 0 Å². The summed E-state index contributed by atoms with van der Waals surface area (Å²) in [5.41, 5.74) is 1.69. The largest absolute Gasteiger partial charge is 0.496 e. The Bertz CT molecular complexity index is 720. The molecule has 0 aliphatic heterocycles. The number of para-hydroxylation sites is 1. The number of aliphatic hydroxyl groups is 1. The Balaban J connectivity index is 1.83. The molecule has 2 rings (SSSR count). The van der Waals surface area contributed by atoms with Crippen LogP contribution in [0, 0.1) is 0 Å². The van der Waals surface area contributed by atoms with Crippen molar-refractivity contribution < 1.29 is 19.4 Å². The quantitative estimate of drug-likeness (QED) is 0.704. The molecule has 0 saturated heterocycles. The zero-order valence-corrected chi connectivity index (χ0v) is 15.9. The van der Waals surface area contributed by atoms with Crippen LogP contribution >= 0.6 is 15.9 Å². The molecule has 0 spiro atoms. The lowest BCUT2D eigenvalue weighted by atomic mass is 10.1. The van der Waals surface area contributed by atoms with Crippen molar-refractivity contribution in [1.82, 2.24) is 5.32 Å². The summed E-state index contributed by atoms with van der Waals surface area (Å²) in [7, 11) is 3.16. The monoisotopic (exact) mass is 407 g/mol. The van der Waals surface area contributed by atoms with Gasteiger partial charge in [-0.2, -0.15) is 0 Å². The topological polar surface area (TPSA) is 67.8 Å². The lowest BCUT2D eigenvalue weighted by Crippen LogP contribution is -2.28. The van der Waals surface area contributed by atoms with Crippen molar-refractivity contribution in [2.75, 3.05) is 20.8 Å². The van der Waals surface area contributed by atoms with Crippen LogP contribution in [0.25, 0.3) is 0 Å². The van der Waals surface area contributed by atoms with Crippen molar-refractivity contribution >= 4 is 21.8 Å². The van der Waals surface area contributed by atoms with Gasteiger partial charge in [0.25, 0.3) is 0 Å². The molecule has 6 heteroatoms. The molecule has 1 amide bonds. The molecule has 0 bridgehead atoms. The summed E-state index contributed by atoms with van der Waals surface area (Å²) in [4.78, 5) is 12.0. The van der Waals surface area contributed by atoms with E-state index in [0.29, 0.717) is 24.2 Å². The lowest BCUT2D eigenvalue weighted by Gasteiger charge is -2.15. The number of carbonyl (C=O) groups is 1. The van der Waals surface area contributed by atoms with Crippen LogP contribution in [-0.2, 0) is 11.2 Å². The first kappa shape index (κ1) is 19.3. The van der Waals surface area contributed by atoms with Crippen LogP contribution in [0.5, 0.6) is 11.5 Å². The highest BCUT2D eigenvalue weighted by Crippen LogP contribution is 2.26. The van der Waals surface area contributed by atoms with E-state index in [4.69, 9.17) is 9.47 Å². The maximum Gasteiger partial charge on any atom is 0.220 e. The first-order valence-corrected chi connectivity index (χ1v) is 8.74. The number of amides is 1. The summed E-state index contributed by atoms with van der Waals surface area (Å²) < 4.78 is 11.3. The second-order valence-electron chi connectivity index (χ2n) is 5.53. The van der Waals surface area contributed by atoms with Crippen LogP contribution in [0.1, 0.15) is 23.7 Å². The molecular formula is C19H22BrNO4. The highest BCUT2D eigenvalue weighted by molar-refractivity contribution is 9.10. The molecule has 134 valence electrons. The van der Waals surface area contributed by atoms with Gasteiger partial charge in [0, 0.05) is 18.5 Å². The minimum absolute atomic E-state index is 0.110. The fraction of sp³-hybridized carbons (Fsp3) is 0.316. The van der Waals surface area contributed by atoms with Crippen LogP contribution in [-0.4, -0.2) is 31.8 Å². The lowest BCUT2D eigenvalue weighted by molar-refractivity contribution is -0.121. The smallest absolute Gasteiger partial charge is 0.220 e. The van der Waals surface area contributed by atoms with E-state index in [0.717, 1.165) is 15.8 Å². The van der Waals surface area contributed by atoms with Gasteiger partial charge in [0.1, 0.15) is 11.5 Å². The van der Waals surface area contributed by atoms with Gasteiger partial charge >= 0.3 is 0 Å². The summed E-state index contributed by atoms with van der Waals surface area (Å²) >= 11 is 3.43. The number of nitrogens with one attached hydrogen (secondary N) is 1. The van der Waals surface area contributed by atoms with Crippen LogP contribution in [0.4, 0.5) is 0 Å². The zero-order chi connectivity index (χ0) is 18.2. The molecule has 0 radical (unpaired) electrons. The van der Waals surface area contributed by atoms with E-state index in [9.17, 15) is 9.90 Å². The maximum absolute atomic E-state index is 12.0. The molecular weight excluding hydrogens is 386 g/mol. The Morgan fingerprint density at radius 2 is 1.88 bits per heavy atom. The molecule has 0 aromatic heterocycles. The molecule has 1 unspecified atom stereocenters. The molecule has 2 aromatic rings. The number of ether oxygens (including phenoxy) is 2. The van der Waals surface area contributed by atoms with Gasteiger partial charge in [-0.05, 0) is 46.1 Å². The fourth-order valence-electron chi connectivity index (χ4n) is 2.47. The van der Waals surface area contributed by atoms with Crippen LogP contribution in [0.2, 0.25) is 0 Å². The van der Waals surface area contributed by atoms with Gasteiger partial charge in [0.2, 0.25) is 5.91 Å². The van der Waals surface area contributed by atoms with E-state index in [1.54, 1.807) is 26.4 Å². The number of hydrogen-bond acceptors (Lipinski definition) is 4. The van der Waals surface area contributed by atoms with Gasteiger partial charge < -0.3 is 19.9 Å². The number of carbonyl (C=O) groups excluding carboxylic acids is 1. The number of halogens is 1. The van der Waals surface area contributed by atoms with Crippen LogP contribution in [0.3, 0.4) is 0 Å². The van der Waals surface area contributed by atoms with Gasteiger partial charge in [0.15, 0.2) is 0 Å². The first-order chi connectivity index (χ1) is 12.0. The Labute approximate surface area is 156 Å². The normalized spacial score (nSPS) is 11.7. The second kappa shape index (κ2) is 9.44. The van der Waals surface area contributed by atoms with Crippen molar-refractivity contribution in [2.24, 2.45) is 0 Å². The zero-order valence-electron chi connectivity index (χ0n) is 14.3. The van der Waals surface area contributed by atoms with Crippen molar-refractivity contribution in [1.29, 1.82) is 0 Å². The van der Waals surface area contributed by atoms with E-state index in [-0.39, 0.29) is 12.5 Å². The number of methoxy groups -OCH3 is 2. The molecule has 0 saturated carbocycles. The molecule has 2 N–H and O–H groups in total. The number of rotatable bonds is 8. The van der Waals surface area contributed by atoms with Gasteiger partial charge in [-0.15, -0.1) is 0 Å². The maximum atomic E-state index is 12.0. The molecule has 0 aliphatic rings. The van der Waals surface area contributed by atoms with Gasteiger partial charge in [-0.1, -0.05) is 24.3 Å². The van der Waals surface area contributed by atoms with Gasteiger partial charge in [-0.3, -0.25) is 4.79 Å². The fourth-order valence-corrected chi connectivity index (χ4v) is 3.06. The standard InChI is InChI=1S/C19H22BrNO4/c1-24-17-6-4-3-5-14(17)16(22)12-21-19(23)10-8-13-7-9-18(25-2)15(20)11-13/h3-7,9,11,16,22H,8,10,12H2,1-2H3,(H,21,23). The predicted molar refractivity (Wildman–Crippen MR) is 100.0 cm³/mol. The summed E-state index contributed by atoms with van der Waals surface area (Å²) in [6.07, 6.45) is 0.145. The Morgan fingerprint density at radius 3 is 2.56 bits per heavy atom. The highest BCUT2D eigenvalue weighted by atomic mass is 79.9. The summed E-state index contributed by atoms with van der Waals surface area (Å²) in [6, 6.07) is 13.0. The summed E-state index contributed by atoms with van der Waals surface area (Å²) in [5.74, 6) is 1.25. The van der Waals surface area contributed by atoms with Crippen molar-refractivity contribution in [2.45, 2.75) is 18.9 Å². The molecule has 5 nitrogen and oxygen atoms in total. The van der Waals surface area contributed by atoms with Gasteiger partial charge in [0.05, 0.1) is 24.8 Å². The second-order valence-corrected chi connectivity index (χ2v) is 6.39. The Kier molecular flexibility index (Phi) is 7.28. The Hall–Kier alpha value is -2.05. The van der Waals surface area contributed by atoms with Crippen LogP contribution < -0.4 is 14.8 Å². The predicted octanol–water partition coefficient (Wildman–Crippen LogP) is 3.25. The number of aliphatic hydroxyl groups excluding tert-OH is 1. The van der Waals surface area contributed by atoms with E-state index in [1.807, 2.05) is 30.3 Å². The molecule has 1 atom stereocenters. The third kappa shape index (κ3) is 5.47. The average Bonchev–Trinajstić information content (AvgIpc) is 2.64. The van der Waals surface area contributed by atoms with Crippen LogP contribution in [0.15, 0.2) is 46.9 Å². The summed E-state index contributed by atoms with van der Waals surface area (Å²) in [6.45, 7) is 0.144. The SMILES string of the molecule is COc1ccc(CCC(=O)NCC(O)c2ccccc2OC)cc1Br. The first-order valence-electron chi connectivity index (χ1n) is 7.95. The number of aryl methyl sites for hydroxylation is 1. The number of benzene rings is 2. The third-order valence-electron chi connectivity index (χ3n) is 3.85. The molecule has 0 aliphatic carbocycles. The minimum Gasteiger partial charge on any atom is -0.496 e. The molecule has 0 heterocycles. The van der Waals surface area contributed by atoms with E-state index < -0.39 is 6.10 Å². The van der Waals surface area contributed by atoms with E-state index >= 15 is 0 Å². The third-order valence-corrected chi connectivity index (χ3v) is 4.47. The molecule has 2 aromatic carbocycles. The Morgan fingerprint density at radius 1 is 1.16 bits per heavy atom. The van der Waals surface area contributed by atoms with E-state index in [2.05, 4.69) is 21.2 Å².